The van der Waals surface area contributed by atoms with Crippen molar-refractivity contribution in [1.82, 2.24) is 0 Å². The molecular weight excluding hydrogens is 304 g/mol. The summed E-state index contributed by atoms with van der Waals surface area (Å²) in [6.45, 7) is 0.0647. The van der Waals surface area contributed by atoms with E-state index in [0.717, 1.165) is 22.3 Å². The molecule has 0 saturated heterocycles. The van der Waals surface area contributed by atoms with Crippen molar-refractivity contribution in [3.63, 3.8) is 0 Å². The van der Waals surface area contributed by atoms with Crippen LogP contribution in [0.4, 0.5) is 0 Å². The van der Waals surface area contributed by atoms with E-state index in [1.165, 1.54) is 12.2 Å². The van der Waals surface area contributed by atoms with Crippen molar-refractivity contribution >= 4 is 17.9 Å². The van der Waals surface area contributed by atoms with Crippen LogP contribution in [0.15, 0.2) is 60.7 Å². The molecule has 0 heterocycles. The first-order chi connectivity index (χ1) is 11.7. The number of aliphatic hydroxyl groups excluding tert-OH is 1. The van der Waals surface area contributed by atoms with Crippen LogP contribution in [0.5, 0.6) is 0 Å². The Kier molecular flexibility index (Phi) is 7.11. The highest BCUT2D eigenvalue weighted by Gasteiger charge is 2.03. The van der Waals surface area contributed by atoms with Gasteiger partial charge in [0.05, 0.1) is 13.2 Å². The van der Waals surface area contributed by atoms with Gasteiger partial charge in [0, 0.05) is 0 Å². The third kappa shape index (κ3) is 5.59. The van der Waals surface area contributed by atoms with Crippen LogP contribution in [0, 0.1) is 0 Å². The van der Waals surface area contributed by atoms with Crippen molar-refractivity contribution in [2.24, 2.45) is 0 Å². The molecule has 2 rings (SSSR count). The molecule has 0 aliphatic rings. The summed E-state index contributed by atoms with van der Waals surface area (Å²) in [5, 5.41) is 17.8. The molecule has 0 fully saturated rings. The van der Waals surface area contributed by atoms with Gasteiger partial charge in [-0.15, -0.1) is 0 Å². The highest BCUT2D eigenvalue weighted by atomic mass is 17.1. The standard InChI is InChI=1S/C20H20O4/c21-15-19-14-17(6-9-18(19)12-13-24-23)8-11-20(22)10-7-16-4-2-1-3-5-16/h1-11,14,21,23H,12-13,15H2. The molecule has 2 N–H and O–H groups in total. The molecule has 0 saturated carbocycles. The summed E-state index contributed by atoms with van der Waals surface area (Å²) in [5.41, 5.74) is 3.45. The van der Waals surface area contributed by atoms with Gasteiger partial charge in [-0.3, -0.25) is 10.1 Å². The number of rotatable bonds is 8. The van der Waals surface area contributed by atoms with E-state index in [-0.39, 0.29) is 19.0 Å². The molecule has 0 unspecified atom stereocenters. The molecule has 0 bridgehead atoms. The van der Waals surface area contributed by atoms with Gasteiger partial charge in [-0.2, -0.15) is 0 Å². The molecule has 4 heteroatoms. The summed E-state index contributed by atoms with van der Waals surface area (Å²) in [6.07, 6.45) is 7.00. The van der Waals surface area contributed by atoms with Gasteiger partial charge < -0.3 is 5.11 Å². The van der Waals surface area contributed by atoms with Crippen molar-refractivity contribution in [2.45, 2.75) is 13.0 Å². The van der Waals surface area contributed by atoms with E-state index in [2.05, 4.69) is 4.89 Å². The molecule has 2 aromatic carbocycles. The largest absolute Gasteiger partial charge is 0.392 e. The zero-order chi connectivity index (χ0) is 17.2. The summed E-state index contributed by atoms with van der Waals surface area (Å²) in [5.74, 6) is -0.109. The molecule has 0 amide bonds. The first-order valence-electron chi connectivity index (χ1n) is 7.67. The topological polar surface area (TPSA) is 66.8 Å². The summed E-state index contributed by atoms with van der Waals surface area (Å²) >= 11 is 0. The lowest BCUT2D eigenvalue weighted by Crippen LogP contribution is -2.00. The number of carbonyl (C=O) groups excluding carboxylic acids is 1. The first kappa shape index (κ1) is 17.8. The fourth-order valence-electron chi connectivity index (χ4n) is 2.27. The van der Waals surface area contributed by atoms with Gasteiger partial charge in [0.15, 0.2) is 5.78 Å². The van der Waals surface area contributed by atoms with E-state index in [1.54, 1.807) is 12.2 Å². The fraction of sp³-hybridized carbons (Fsp3) is 0.150. The zero-order valence-electron chi connectivity index (χ0n) is 13.3. The van der Waals surface area contributed by atoms with Crippen molar-refractivity contribution < 1.29 is 20.0 Å². The maximum atomic E-state index is 11.9. The Morgan fingerprint density at radius 3 is 2.33 bits per heavy atom. The number of ketones is 1. The SMILES string of the molecule is O=C(C=Cc1ccccc1)C=Cc1ccc(CCOO)c(CO)c1. The normalized spacial score (nSPS) is 11.4. The quantitative estimate of drug-likeness (QED) is 0.443. The fourth-order valence-corrected chi connectivity index (χ4v) is 2.27. The third-order valence-corrected chi connectivity index (χ3v) is 3.54. The molecule has 2 aromatic rings. The molecule has 124 valence electrons. The Labute approximate surface area is 141 Å². The Hall–Kier alpha value is -2.53. The van der Waals surface area contributed by atoms with Crippen LogP contribution in [0.25, 0.3) is 12.2 Å². The molecule has 0 radical (unpaired) electrons. The van der Waals surface area contributed by atoms with Gasteiger partial charge in [-0.05, 0) is 46.9 Å². The smallest absolute Gasteiger partial charge is 0.178 e. The number of hydrogen-bond donors (Lipinski definition) is 2. The van der Waals surface area contributed by atoms with Crippen LogP contribution in [-0.2, 0) is 22.7 Å². The highest BCUT2D eigenvalue weighted by Crippen LogP contribution is 2.14. The lowest BCUT2D eigenvalue weighted by Gasteiger charge is -2.07. The summed E-state index contributed by atoms with van der Waals surface area (Å²) in [6, 6.07) is 15.1. The number of aliphatic hydroxyl groups is 1. The Morgan fingerprint density at radius 2 is 1.67 bits per heavy atom. The average Bonchev–Trinajstić information content (AvgIpc) is 2.64. The molecule has 0 atom stereocenters. The van der Waals surface area contributed by atoms with Gasteiger partial charge >= 0.3 is 0 Å². The second-order valence-corrected chi connectivity index (χ2v) is 5.25. The second kappa shape index (κ2) is 9.57. The van der Waals surface area contributed by atoms with Crippen LogP contribution in [-0.4, -0.2) is 22.8 Å². The van der Waals surface area contributed by atoms with Crippen LogP contribution < -0.4 is 0 Å². The molecule has 24 heavy (non-hydrogen) atoms. The summed E-state index contributed by atoms with van der Waals surface area (Å²) < 4.78 is 0. The monoisotopic (exact) mass is 324 g/mol. The molecule has 0 aliphatic carbocycles. The van der Waals surface area contributed by atoms with Gasteiger partial charge in [0.2, 0.25) is 0 Å². The van der Waals surface area contributed by atoms with Crippen molar-refractivity contribution in [1.29, 1.82) is 0 Å². The van der Waals surface area contributed by atoms with E-state index >= 15 is 0 Å². The van der Waals surface area contributed by atoms with Crippen LogP contribution >= 0.6 is 0 Å². The second-order valence-electron chi connectivity index (χ2n) is 5.25. The molecule has 0 aromatic heterocycles. The first-order valence-corrected chi connectivity index (χ1v) is 7.67. The van der Waals surface area contributed by atoms with Crippen molar-refractivity contribution in [2.75, 3.05) is 6.61 Å². The van der Waals surface area contributed by atoms with Gasteiger partial charge in [0.25, 0.3) is 0 Å². The van der Waals surface area contributed by atoms with E-state index < -0.39 is 0 Å². The number of hydrogen-bond acceptors (Lipinski definition) is 4. The predicted octanol–water partition coefficient (Wildman–Crippen LogP) is 3.51. The average molecular weight is 324 g/mol. The van der Waals surface area contributed by atoms with Crippen LogP contribution in [0.2, 0.25) is 0 Å². The maximum absolute atomic E-state index is 11.9. The molecule has 4 nitrogen and oxygen atoms in total. The minimum Gasteiger partial charge on any atom is -0.392 e. The molecule has 0 spiro atoms. The minimum atomic E-state index is -0.109. The molecular formula is C20H20O4. The number of carbonyl (C=O) groups is 1. The third-order valence-electron chi connectivity index (χ3n) is 3.54. The summed E-state index contributed by atoms with van der Waals surface area (Å²) in [4.78, 5) is 16.0. The lowest BCUT2D eigenvalue weighted by atomic mass is 10.0. The Balaban J connectivity index is 2.02. The Bertz CT molecular complexity index is 718. The van der Waals surface area contributed by atoms with Gasteiger partial charge in [-0.1, -0.05) is 54.6 Å². The summed E-state index contributed by atoms with van der Waals surface area (Å²) in [7, 11) is 0. The number of benzene rings is 2. The van der Waals surface area contributed by atoms with Gasteiger partial charge in [0.1, 0.15) is 0 Å². The van der Waals surface area contributed by atoms with Crippen molar-refractivity contribution in [3.8, 4) is 0 Å². The van der Waals surface area contributed by atoms with E-state index in [9.17, 15) is 9.90 Å². The van der Waals surface area contributed by atoms with Crippen molar-refractivity contribution in [3.05, 3.63) is 82.9 Å². The zero-order valence-corrected chi connectivity index (χ0v) is 13.3. The van der Waals surface area contributed by atoms with Gasteiger partial charge in [-0.25, -0.2) is 4.89 Å². The van der Waals surface area contributed by atoms with Crippen LogP contribution in [0.3, 0.4) is 0 Å². The van der Waals surface area contributed by atoms with Crippen LogP contribution in [0.1, 0.15) is 22.3 Å². The number of allylic oxidation sites excluding steroid dienone is 2. The maximum Gasteiger partial charge on any atom is 0.178 e. The minimum absolute atomic E-state index is 0.107. The van der Waals surface area contributed by atoms with E-state index in [0.29, 0.717) is 6.42 Å². The molecule has 0 aliphatic heterocycles. The Morgan fingerprint density at radius 1 is 0.958 bits per heavy atom. The predicted molar refractivity (Wildman–Crippen MR) is 94.2 cm³/mol. The van der Waals surface area contributed by atoms with E-state index in [1.807, 2.05) is 48.5 Å². The van der Waals surface area contributed by atoms with E-state index in [4.69, 9.17) is 5.26 Å². The lowest BCUT2D eigenvalue weighted by molar-refractivity contribution is -0.241. The highest BCUT2D eigenvalue weighted by molar-refractivity contribution is 6.04.